The number of unbranched alkanes of at least 4 members (excludes halogenated alkanes) is 1. The van der Waals surface area contributed by atoms with Crippen molar-refractivity contribution >= 4 is 11.6 Å². The molecule has 3 heteroatoms. The van der Waals surface area contributed by atoms with Crippen LogP contribution in [0.3, 0.4) is 0 Å². The van der Waals surface area contributed by atoms with E-state index in [2.05, 4.69) is 18.2 Å². The Balaban J connectivity index is 2.10. The van der Waals surface area contributed by atoms with Gasteiger partial charge in [-0.05, 0) is 31.2 Å². The highest BCUT2D eigenvalue weighted by Crippen LogP contribution is 2.12. The van der Waals surface area contributed by atoms with E-state index in [9.17, 15) is 0 Å². The Labute approximate surface area is 91.3 Å². The summed E-state index contributed by atoms with van der Waals surface area (Å²) in [4.78, 5) is 0. The van der Waals surface area contributed by atoms with Crippen LogP contribution in [0.25, 0.3) is 0 Å². The second kappa shape index (κ2) is 6.07. The highest BCUT2D eigenvalue weighted by atomic mass is 35.5. The van der Waals surface area contributed by atoms with Gasteiger partial charge in [-0.1, -0.05) is 13.3 Å². The molecule has 14 heavy (non-hydrogen) atoms. The van der Waals surface area contributed by atoms with Gasteiger partial charge in [0, 0.05) is 18.6 Å². The van der Waals surface area contributed by atoms with Crippen LogP contribution in [-0.4, -0.2) is 15.2 Å². The molecule has 0 aliphatic rings. The third kappa shape index (κ3) is 4.14. The van der Waals surface area contributed by atoms with Gasteiger partial charge in [0.2, 0.25) is 0 Å². The van der Waals surface area contributed by atoms with Crippen molar-refractivity contribution < 1.29 is 0 Å². The zero-order valence-electron chi connectivity index (χ0n) is 9.04. The van der Waals surface area contributed by atoms with Crippen LogP contribution in [-0.2, 0) is 13.5 Å². The first kappa shape index (κ1) is 11.6. The summed E-state index contributed by atoms with van der Waals surface area (Å²) in [6, 6.07) is 0. The van der Waals surface area contributed by atoms with Gasteiger partial charge in [0.15, 0.2) is 0 Å². The monoisotopic (exact) mass is 214 g/mol. The molecule has 2 nitrogen and oxygen atoms in total. The minimum atomic E-state index is 0.365. The minimum Gasteiger partial charge on any atom is -0.276 e. The Morgan fingerprint density at radius 3 is 2.86 bits per heavy atom. The first-order valence-corrected chi connectivity index (χ1v) is 5.77. The lowest BCUT2D eigenvalue weighted by molar-refractivity contribution is 0.638. The second-order valence-corrected chi connectivity index (χ2v) is 4.39. The zero-order valence-corrected chi connectivity index (χ0v) is 9.80. The van der Waals surface area contributed by atoms with Crippen LogP contribution in [0.4, 0.5) is 0 Å². The topological polar surface area (TPSA) is 17.8 Å². The van der Waals surface area contributed by atoms with Crippen molar-refractivity contribution in [3.8, 4) is 0 Å². The number of aryl methyl sites for hydroxylation is 2. The lowest BCUT2D eigenvalue weighted by atomic mass is 10.1. The summed E-state index contributed by atoms with van der Waals surface area (Å²) < 4.78 is 1.85. The van der Waals surface area contributed by atoms with E-state index >= 15 is 0 Å². The molecule has 0 saturated heterocycles. The maximum atomic E-state index is 6.03. The largest absolute Gasteiger partial charge is 0.276 e. The van der Waals surface area contributed by atoms with E-state index in [1.54, 1.807) is 0 Å². The Bertz CT molecular complexity index is 258. The van der Waals surface area contributed by atoms with Crippen LogP contribution in [0.1, 0.15) is 38.2 Å². The fraction of sp³-hybridized carbons (Fsp3) is 0.727. The fourth-order valence-electron chi connectivity index (χ4n) is 1.50. The summed E-state index contributed by atoms with van der Waals surface area (Å²) in [7, 11) is 1.95. The van der Waals surface area contributed by atoms with Gasteiger partial charge < -0.3 is 0 Å². The van der Waals surface area contributed by atoms with Crippen LogP contribution in [0.2, 0.25) is 0 Å². The Kier molecular flexibility index (Phi) is 5.02. The summed E-state index contributed by atoms with van der Waals surface area (Å²) in [5.41, 5.74) is 1.33. The molecular formula is C11H19ClN2. The number of rotatable bonds is 6. The number of hydrogen-bond acceptors (Lipinski definition) is 1. The lowest BCUT2D eigenvalue weighted by Gasteiger charge is -2.04. The van der Waals surface area contributed by atoms with Crippen LogP contribution in [0.5, 0.6) is 0 Å². The molecule has 0 aliphatic heterocycles. The quantitative estimate of drug-likeness (QED) is 0.526. The van der Waals surface area contributed by atoms with Crippen molar-refractivity contribution in [3.63, 3.8) is 0 Å². The third-order valence-electron chi connectivity index (χ3n) is 2.43. The summed E-state index contributed by atoms with van der Waals surface area (Å²) in [5.74, 6) is 0. The number of halogens is 1. The Hall–Kier alpha value is -0.500. The lowest BCUT2D eigenvalue weighted by Crippen LogP contribution is -1.95. The SMILES string of the molecule is CCC(Cl)CCCCc1cnn(C)c1. The van der Waals surface area contributed by atoms with E-state index in [-0.39, 0.29) is 0 Å². The summed E-state index contributed by atoms with van der Waals surface area (Å²) in [6.07, 6.45) is 9.80. The molecule has 0 fully saturated rings. The number of alkyl halides is 1. The van der Waals surface area contributed by atoms with Gasteiger partial charge in [-0.25, -0.2) is 0 Å². The predicted octanol–water partition coefficient (Wildman–Crippen LogP) is 3.15. The standard InChI is InChI=1S/C11H19ClN2/c1-3-11(12)7-5-4-6-10-8-13-14(2)9-10/h8-9,11H,3-7H2,1-2H3. The molecular weight excluding hydrogens is 196 g/mol. The van der Waals surface area contributed by atoms with Crippen LogP contribution in [0.15, 0.2) is 12.4 Å². The molecule has 0 spiro atoms. The molecule has 0 amide bonds. The van der Waals surface area contributed by atoms with Crippen molar-refractivity contribution in [2.45, 2.75) is 44.4 Å². The second-order valence-electron chi connectivity index (χ2n) is 3.77. The highest BCUT2D eigenvalue weighted by Gasteiger charge is 2.01. The molecule has 0 bridgehead atoms. The maximum absolute atomic E-state index is 6.03. The molecule has 1 rings (SSSR count). The van der Waals surface area contributed by atoms with E-state index in [4.69, 9.17) is 11.6 Å². The first-order chi connectivity index (χ1) is 6.72. The van der Waals surface area contributed by atoms with Gasteiger partial charge in [-0.15, -0.1) is 11.6 Å². The normalized spacial score (nSPS) is 13.1. The minimum absolute atomic E-state index is 0.365. The number of hydrogen-bond donors (Lipinski definition) is 0. The molecule has 0 aliphatic carbocycles. The highest BCUT2D eigenvalue weighted by molar-refractivity contribution is 6.20. The van der Waals surface area contributed by atoms with E-state index in [0.717, 1.165) is 19.3 Å². The zero-order chi connectivity index (χ0) is 10.4. The van der Waals surface area contributed by atoms with E-state index < -0.39 is 0 Å². The van der Waals surface area contributed by atoms with Gasteiger partial charge in [0.1, 0.15) is 0 Å². The summed E-state index contributed by atoms with van der Waals surface area (Å²) in [5, 5.41) is 4.50. The van der Waals surface area contributed by atoms with Crippen molar-refractivity contribution in [1.82, 2.24) is 9.78 Å². The van der Waals surface area contributed by atoms with Gasteiger partial charge in [0.25, 0.3) is 0 Å². The number of aromatic nitrogens is 2. The van der Waals surface area contributed by atoms with E-state index in [0.29, 0.717) is 5.38 Å². The average molecular weight is 215 g/mol. The molecule has 80 valence electrons. The number of nitrogens with zero attached hydrogens (tertiary/aromatic N) is 2. The van der Waals surface area contributed by atoms with Gasteiger partial charge in [-0.2, -0.15) is 5.10 Å². The van der Waals surface area contributed by atoms with Crippen LogP contribution in [0, 0.1) is 0 Å². The average Bonchev–Trinajstić information content (AvgIpc) is 2.58. The van der Waals surface area contributed by atoms with E-state index in [1.807, 2.05) is 17.9 Å². The molecule has 0 saturated carbocycles. The van der Waals surface area contributed by atoms with Crippen molar-refractivity contribution in [3.05, 3.63) is 18.0 Å². The van der Waals surface area contributed by atoms with Crippen molar-refractivity contribution in [2.24, 2.45) is 7.05 Å². The molecule has 0 N–H and O–H groups in total. The maximum Gasteiger partial charge on any atom is 0.0521 e. The molecule has 1 aromatic rings. The fourth-order valence-corrected chi connectivity index (χ4v) is 1.65. The molecule has 1 aromatic heterocycles. The predicted molar refractivity (Wildman–Crippen MR) is 60.7 cm³/mol. The Morgan fingerprint density at radius 1 is 1.50 bits per heavy atom. The van der Waals surface area contributed by atoms with Crippen molar-refractivity contribution in [1.29, 1.82) is 0 Å². The van der Waals surface area contributed by atoms with Crippen molar-refractivity contribution in [2.75, 3.05) is 0 Å². The van der Waals surface area contributed by atoms with Gasteiger partial charge >= 0.3 is 0 Å². The van der Waals surface area contributed by atoms with Gasteiger partial charge in [-0.3, -0.25) is 4.68 Å². The third-order valence-corrected chi connectivity index (χ3v) is 2.96. The molecule has 1 heterocycles. The first-order valence-electron chi connectivity index (χ1n) is 5.34. The van der Waals surface area contributed by atoms with Gasteiger partial charge in [0.05, 0.1) is 6.20 Å². The summed E-state index contributed by atoms with van der Waals surface area (Å²) in [6.45, 7) is 2.14. The smallest absolute Gasteiger partial charge is 0.0521 e. The molecule has 1 atom stereocenters. The van der Waals surface area contributed by atoms with Crippen LogP contribution >= 0.6 is 11.6 Å². The molecule has 0 aromatic carbocycles. The molecule has 1 unspecified atom stereocenters. The Morgan fingerprint density at radius 2 is 2.29 bits per heavy atom. The summed E-state index contributed by atoms with van der Waals surface area (Å²) >= 11 is 6.03. The van der Waals surface area contributed by atoms with E-state index in [1.165, 1.54) is 18.4 Å². The molecule has 0 radical (unpaired) electrons. The van der Waals surface area contributed by atoms with Crippen LogP contribution < -0.4 is 0 Å².